The molecule has 3 rings (SSSR count). The van der Waals surface area contributed by atoms with Gasteiger partial charge in [-0.05, 0) is 73.4 Å². The average molecular weight is 950 g/mol. The number of carbonyl (C=O) groups excluding carboxylic acids is 6. The van der Waals surface area contributed by atoms with E-state index in [0.717, 1.165) is 16.7 Å². The maximum atomic E-state index is 14.5. The third kappa shape index (κ3) is 15.5. The van der Waals surface area contributed by atoms with Crippen LogP contribution in [0.2, 0.25) is 0 Å². The molecule has 0 saturated carbocycles. The van der Waals surface area contributed by atoms with Crippen LogP contribution < -0.4 is 26.4 Å². The van der Waals surface area contributed by atoms with E-state index in [1.165, 1.54) is 7.11 Å². The monoisotopic (exact) mass is 950 g/mol. The van der Waals surface area contributed by atoms with E-state index in [4.69, 9.17) is 19.9 Å². The van der Waals surface area contributed by atoms with Gasteiger partial charge in [0.15, 0.2) is 0 Å². The van der Waals surface area contributed by atoms with Gasteiger partial charge >= 0.3 is 6.09 Å². The number of nitrogens with one attached hydrogen (secondary N) is 3. The Morgan fingerprint density at radius 2 is 1.49 bits per heavy atom. The fourth-order valence-corrected chi connectivity index (χ4v) is 9.56. The highest BCUT2D eigenvalue weighted by atomic mass is 16.5. The normalized spacial score (nSPS) is 17.7. The molecule has 9 atom stereocenters. The van der Waals surface area contributed by atoms with Crippen molar-refractivity contribution < 1.29 is 43.0 Å². The Hall–Kier alpha value is -5.06. The van der Waals surface area contributed by atoms with Crippen molar-refractivity contribution in [2.24, 2.45) is 29.4 Å². The molecular formula is C52H83N7O9. The lowest BCUT2D eigenvalue weighted by Crippen LogP contribution is -2.59. The summed E-state index contributed by atoms with van der Waals surface area (Å²) in [6.07, 6.45) is -0.107. The predicted octanol–water partition coefficient (Wildman–Crippen LogP) is 5.43. The van der Waals surface area contributed by atoms with Crippen LogP contribution in [0.25, 0.3) is 0 Å². The molecule has 16 nitrogen and oxygen atoms in total. The summed E-state index contributed by atoms with van der Waals surface area (Å²) in [4.78, 5) is 87.5. The van der Waals surface area contributed by atoms with E-state index >= 15 is 0 Å². The standard InChI is InChI=1S/C52H83N7O9/c1-16-33(6)45(58(13)50(64)43(31(2)3)56-49(63)44(32(4)5)57(11)12)41(66-14)29-42(60)59-26-20-23-39(59)46(67-15)34(7)47(61)55-38(28-35-21-18-17-19-22-35)48(62)54-30-36-24-25-40(68-51(53)65)37(27-36)52(8,9)10/h17-19,21-22,24-25,27,31-34,38-39,41,43-46H,16,20,23,26,28-30H2,1-15H3,(H2,53,65)(H,54,62)(H,55,61)(H,56,63)/t33-,34+,38?,39-,41+,43-,44-,45-,46+/m0/s1. The molecule has 16 heteroatoms. The maximum absolute atomic E-state index is 14.5. The minimum absolute atomic E-state index is 0.0211. The number of likely N-dealkylation sites (N-methyl/N-ethyl adjacent to an activating group) is 2. The van der Waals surface area contributed by atoms with Gasteiger partial charge in [-0.15, -0.1) is 0 Å². The molecule has 0 aromatic heterocycles. The number of likely N-dealkylation sites (tertiary alicyclic amines) is 1. The molecule has 0 radical (unpaired) electrons. The van der Waals surface area contributed by atoms with Crippen molar-refractivity contribution in [2.75, 3.05) is 41.9 Å². The lowest BCUT2D eigenvalue weighted by Gasteiger charge is -2.41. The highest BCUT2D eigenvalue weighted by Gasteiger charge is 2.43. The first-order valence-corrected chi connectivity index (χ1v) is 24.2. The molecule has 2 aromatic carbocycles. The maximum Gasteiger partial charge on any atom is 0.409 e. The van der Waals surface area contributed by atoms with Crippen LogP contribution in [0.15, 0.2) is 48.5 Å². The van der Waals surface area contributed by atoms with Crippen LogP contribution in [0.3, 0.4) is 0 Å². The van der Waals surface area contributed by atoms with Gasteiger partial charge in [-0.25, -0.2) is 4.79 Å². The van der Waals surface area contributed by atoms with E-state index in [1.54, 1.807) is 43.0 Å². The highest BCUT2D eigenvalue weighted by molar-refractivity contribution is 5.91. The Labute approximate surface area is 406 Å². The zero-order valence-corrected chi connectivity index (χ0v) is 43.5. The Kier molecular flexibility index (Phi) is 21.9. The summed E-state index contributed by atoms with van der Waals surface area (Å²) >= 11 is 0. The van der Waals surface area contributed by atoms with Crippen molar-refractivity contribution in [1.29, 1.82) is 0 Å². The fraction of sp³-hybridized carbons (Fsp3) is 0.654. The second-order valence-electron chi connectivity index (χ2n) is 20.4. The first kappa shape index (κ1) is 57.3. The Balaban J connectivity index is 1.83. The van der Waals surface area contributed by atoms with Gasteiger partial charge in [0.1, 0.15) is 17.8 Å². The molecule has 1 fully saturated rings. The number of hydrogen-bond acceptors (Lipinski definition) is 10. The smallest absolute Gasteiger partial charge is 0.409 e. The van der Waals surface area contributed by atoms with Gasteiger partial charge in [0.25, 0.3) is 0 Å². The predicted molar refractivity (Wildman–Crippen MR) is 264 cm³/mol. The second-order valence-corrected chi connectivity index (χ2v) is 20.4. The number of methoxy groups -OCH3 is 2. The topological polar surface area (TPSA) is 202 Å². The number of rotatable bonds is 24. The van der Waals surface area contributed by atoms with Crippen LogP contribution >= 0.6 is 0 Å². The van der Waals surface area contributed by atoms with Gasteiger partial charge in [0.2, 0.25) is 29.5 Å². The van der Waals surface area contributed by atoms with Crippen molar-refractivity contribution >= 4 is 35.6 Å². The Bertz CT molecular complexity index is 1980. The SMILES string of the molecule is CC[C@H](C)[C@@H]([C@@H](CC(=O)N1CCC[C@H]1[C@H](OC)[C@@H](C)C(=O)NC(Cc1ccccc1)C(=O)NCc1ccc(OC(N)=O)c(C(C)(C)C)c1)OC)N(C)C(=O)[C@@H](NC(=O)[C@H](C(C)C)N(C)C)C(C)C. The summed E-state index contributed by atoms with van der Waals surface area (Å²) in [5.41, 5.74) is 7.27. The van der Waals surface area contributed by atoms with E-state index in [9.17, 15) is 28.8 Å². The number of benzene rings is 2. The number of ether oxygens (including phenoxy) is 3. The van der Waals surface area contributed by atoms with Crippen LogP contribution in [-0.2, 0) is 51.8 Å². The number of nitrogens with two attached hydrogens (primary N) is 1. The summed E-state index contributed by atoms with van der Waals surface area (Å²) < 4.78 is 17.4. The van der Waals surface area contributed by atoms with Crippen molar-refractivity contribution in [3.63, 3.8) is 0 Å². The fourth-order valence-electron chi connectivity index (χ4n) is 9.56. The number of nitrogens with zero attached hydrogens (tertiary/aromatic N) is 3. The Morgan fingerprint density at radius 1 is 0.838 bits per heavy atom. The summed E-state index contributed by atoms with van der Waals surface area (Å²) in [6.45, 7) is 20.1. The van der Waals surface area contributed by atoms with Crippen LogP contribution in [0, 0.1) is 23.7 Å². The van der Waals surface area contributed by atoms with Gasteiger partial charge in [-0.3, -0.25) is 28.9 Å². The largest absolute Gasteiger partial charge is 0.410 e. The lowest BCUT2D eigenvalue weighted by molar-refractivity contribution is -0.148. The quantitative estimate of drug-likeness (QED) is 0.105. The van der Waals surface area contributed by atoms with Gasteiger partial charge < -0.3 is 45.7 Å². The van der Waals surface area contributed by atoms with Gasteiger partial charge in [-0.2, -0.15) is 0 Å². The molecule has 1 heterocycles. The van der Waals surface area contributed by atoms with Crippen LogP contribution in [0.4, 0.5) is 4.79 Å². The third-order valence-electron chi connectivity index (χ3n) is 13.4. The first-order chi connectivity index (χ1) is 31.9. The van der Waals surface area contributed by atoms with Crippen molar-refractivity contribution in [3.05, 3.63) is 65.2 Å². The molecule has 0 bridgehead atoms. The molecule has 0 aliphatic carbocycles. The lowest BCUT2D eigenvalue weighted by atomic mass is 9.85. The molecule has 1 aliphatic heterocycles. The number of primary amides is 1. The molecule has 1 unspecified atom stereocenters. The van der Waals surface area contributed by atoms with E-state index in [-0.39, 0.29) is 54.9 Å². The summed E-state index contributed by atoms with van der Waals surface area (Å²) in [5, 5.41) is 9.03. The molecule has 6 amide bonds. The van der Waals surface area contributed by atoms with Crippen molar-refractivity contribution in [3.8, 4) is 5.75 Å². The summed E-state index contributed by atoms with van der Waals surface area (Å²) in [5.74, 6) is -2.14. The molecule has 1 aliphatic rings. The van der Waals surface area contributed by atoms with E-state index in [2.05, 4.69) is 16.0 Å². The van der Waals surface area contributed by atoms with E-state index < -0.39 is 71.7 Å². The van der Waals surface area contributed by atoms with Gasteiger partial charge in [0.05, 0.1) is 42.7 Å². The van der Waals surface area contributed by atoms with Gasteiger partial charge in [0, 0.05) is 46.3 Å². The second kappa shape index (κ2) is 26.1. The summed E-state index contributed by atoms with van der Waals surface area (Å²) in [6, 6.07) is 11.6. The number of carbonyl (C=O) groups is 6. The first-order valence-electron chi connectivity index (χ1n) is 24.2. The minimum atomic E-state index is -0.946. The molecule has 1 saturated heterocycles. The van der Waals surface area contributed by atoms with E-state index in [1.807, 2.05) is 118 Å². The van der Waals surface area contributed by atoms with Crippen LogP contribution in [0.1, 0.15) is 112 Å². The number of hydrogen-bond donors (Lipinski definition) is 4. The average Bonchev–Trinajstić information content (AvgIpc) is 3.76. The molecule has 68 heavy (non-hydrogen) atoms. The van der Waals surface area contributed by atoms with Crippen LogP contribution in [0.5, 0.6) is 5.75 Å². The van der Waals surface area contributed by atoms with Crippen molar-refractivity contribution in [2.45, 2.75) is 156 Å². The van der Waals surface area contributed by atoms with Gasteiger partial charge in [-0.1, -0.05) is 112 Å². The minimum Gasteiger partial charge on any atom is -0.410 e. The van der Waals surface area contributed by atoms with Crippen molar-refractivity contribution in [1.82, 2.24) is 30.7 Å². The summed E-state index contributed by atoms with van der Waals surface area (Å²) in [7, 11) is 8.49. The molecular weight excluding hydrogens is 867 g/mol. The third-order valence-corrected chi connectivity index (χ3v) is 13.4. The highest BCUT2D eigenvalue weighted by Crippen LogP contribution is 2.33. The zero-order chi connectivity index (χ0) is 51.2. The van der Waals surface area contributed by atoms with E-state index in [0.29, 0.717) is 31.6 Å². The Morgan fingerprint density at radius 3 is 2.01 bits per heavy atom. The molecule has 380 valence electrons. The van der Waals surface area contributed by atoms with Crippen LogP contribution in [-0.4, -0.2) is 135 Å². The molecule has 5 N–H and O–H groups in total. The molecule has 0 spiro atoms. The number of amides is 6. The molecule has 2 aromatic rings. The zero-order valence-electron chi connectivity index (χ0n) is 43.5.